The number of hydrogen-bond donors (Lipinski definition) is 2. The maximum Gasteiger partial charge on any atom is 0.124 e. The van der Waals surface area contributed by atoms with Crippen molar-refractivity contribution < 1.29 is 8.81 Å². The number of furan rings is 1. The van der Waals surface area contributed by atoms with Crippen LogP contribution in [0.25, 0.3) is 0 Å². The van der Waals surface area contributed by atoms with Gasteiger partial charge in [0.1, 0.15) is 22.3 Å². The van der Waals surface area contributed by atoms with Crippen LogP contribution in [0.1, 0.15) is 35.6 Å². The Morgan fingerprint density at radius 1 is 1.35 bits per heavy atom. The van der Waals surface area contributed by atoms with Crippen molar-refractivity contribution in [2.24, 2.45) is 5.73 Å². The van der Waals surface area contributed by atoms with Crippen LogP contribution >= 0.6 is 12.2 Å². The normalized spacial score (nSPS) is 12.2. The largest absolute Gasteiger partial charge is 0.466 e. The predicted molar refractivity (Wildman–Crippen MR) is 82.5 cm³/mol. The molecule has 0 amide bonds. The van der Waals surface area contributed by atoms with E-state index in [1.54, 1.807) is 6.07 Å². The molecular weight excluding hydrogens is 275 g/mol. The summed E-state index contributed by atoms with van der Waals surface area (Å²) in [7, 11) is 0. The number of benzene rings is 1. The molecule has 0 saturated carbocycles. The summed E-state index contributed by atoms with van der Waals surface area (Å²) in [5.41, 5.74) is 7.91. The molecule has 0 bridgehead atoms. The van der Waals surface area contributed by atoms with Crippen molar-refractivity contribution in [2.45, 2.75) is 26.8 Å². The molecule has 3 nitrogen and oxygen atoms in total. The number of aryl methyl sites for hydroxylation is 2. The Morgan fingerprint density at radius 3 is 2.60 bits per heavy atom. The zero-order valence-electron chi connectivity index (χ0n) is 11.7. The van der Waals surface area contributed by atoms with Gasteiger partial charge in [-0.1, -0.05) is 12.2 Å². The number of nitrogens with one attached hydrogen (secondary N) is 1. The van der Waals surface area contributed by atoms with E-state index in [2.05, 4.69) is 5.32 Å². The molecule has 1 aromatic carbocycles. The Hall–Kier alpha value is -1.88. The van der Waals surface area contributed by atoms with Gasteiger partial charge in [0.25, 0.3) is 0 Å². The van der Waals surface area contributed by atoms with Gasteiger partial charge in [-0.05, 0) is 45.0 Å². The predicted octanol–water partition coefficient (Wildman–Crippen LogP) is 3.84. The molecule has 5 heteroatoms. The third-order valence-corrected chi connectivity index (χ3v) is 3.38. The summed E-state index contributed by atoms with van der Waals surface area (Å²) in [5.74, 6) is 1.36. The molecule has 0 fully saturated rings. The van der Waals surface area contributed by atoms with Gasteiger partial charge in [-0.3, -0.25) is 0 Å². The summed E-state index contributed by atoms with van der Waals surface area (Å²) in [5, 5.41) is 3.30. The average Bonchev–Trinajstić information content (AvgIpc) is 2.70. The molecule has 1 aromatic heterocycles. The van der Waals surface area contributed by atoms with Crippen LogP contribution in [0.4, 0.5) is 10.1 Å². The van der Waals surface area contributed by atoms with Crippen molar-refractivity contribution in [1.82, 2.24) is 0 Å². The SMILES string of the molecule is Cc1cc(C(C)Nc2ccc(F)cc2C(N)=S)c(C)o1. The van der Waals surface area contributed by atoms with Crippen molar-refractivity contribution >= 4 is 22.9 Å². The highest BCUT2D eigenvalue weighted by Crippen LogP contribution is 2.27. The van der Waals surface area contributed by atoms with Crippen molar-refractivity contribution in [3.8, 4) is 0 Å². The van der Waals surface area contributed by atoms with Crippen LogP contribution in [0.2, 0.25) is 0 Å². The molecule has 0 aliphatic rings. The molecule has 1 heterocycles. The molecule has 1 unspecified atom stereocenters. The van der Waals surface area contributed by atoms with E-state index >= 15 is 0 Å². The van der Waals surface area contributed by atoms with Gasteiger partial charge in [0.15, 0.2) is 0 Å². The number of nitrogens with two attached hydrogens (primary N) is 1. The summed E-state index contributed by atoms with van der Waals surface area (Å²) in [4.78, 5) is 0.166. The van der Waals surface area contributed by atoms with E-state index in [0.717, 1.165) is 17.1 Å². The molecule has 20 heavy (non-hydrogen) atoms. The van der Waals surface area contributed by atoms with E-state index in [0.29, 0.717) is 11.3 Å². The van der Waals surface area contributed by atoms with Gasteiger partial charge in [-0.15, -0.1) is 0 Å². The quantitative estimate of drug-likeness (QED) is 0.841. The second kappa shape index (κ2) is 5.63. The molecule has 2 aromatic rings. The van der Waals surface area contributed by atoms with Crippen LogP contribution in [0.15, 0.2) is 28.7 Å². The Balaban J connectivity index is 2.30. The van der Waals surface area contributed by atoms with Crippen molar-refractivity contribution in [2.75, 3.05) is 5.32 Å². The summed E-state index contributed by atoms with van der Waals surface area (Å²) in [6, 6.07) is 6.35. The zero-order valence-corrected chi connectivity index (χ0v) is 12.5. The third kappa shape index (κ3) is 2.99. The lowest BCUT2D eigenvalue weighted by atomic mass is 10.1. The van der Waals surface area contributed by atoms with Crippen LogP contribution in [0, 0.1) is 19.7 Å². The highest BCUT2D eigenvalue weighted by atomic mass is 32.1. The topological polar surface area (TPSA) is 51.2 Å². The van der Waals surface area contributed by atoms with E-state index in [-0.39, 0.29) is 16.8 Å². The maximum absolute atomic E-state index is 13.3. The third-order valence-electron chi connectivity index (χ3n) is 3.16. The first-order valence-corrected chi connectivity index (χ1v) is 6.72. The highest BCUT2D eigenvalue weighted by molar-refractivity contribution is 7.80. The summed E-state index contributed by atoms with van der Waals surface area (Å²) >= 11 is 4.96. The number of halogens is 1. The Kier molecular flexibility index (Phi) is 4.09. The van der Waals surface area contributed by atoms with Gasteiger partial charge in [-0.25, -0.2) is 4.39 Å². The fraction of sp³-hybridized carbons (Fsp3) is 0.267. The lowest BCUT2D eigenvalue weighted by Crippen LogP contribution is -2.15. The Bertz CT molecular complexity index is 651. The van der Waals surface area contributed by atoms with Crippen LogP contribution in [0.3, 0.4) is 0 Å². The van der Waals surface area contributed by atoms with Gasteiger partial charge in [0, 0.05) is 16.8 Å². The van der Waals surface area contributed by atoms with Crippen LogP contribution in [-0.4, -0.2) is 4.99 Å². The molecule has 1 atom stereocenters. The van der Waals surface area contributed by atoms with Gasteiger partial charge < -0.3 is 15.5 Å². The van der Waals surface area contributed by atoms with Crippen molar-refractivity contribution in [3.63, 3.8) is 0 Å². The van der Waals surface area contributed by atoms with E-state index in [1.807, 2.05) is 26.8 Å². The summed E-state index contributed by atoms with van der Waals surface area (Å²) < 4.78 is 18.8. The lowest BCUT2D eigenvalue weighted by molar-refractivity contribution is 0.500. The van der Waals surface area contributed by atoms with Gasteiger partial charge in [0.2, 0.25) is 0 Å². The lowest BCUT2D eigenvalue weighted by Gasteiger charge is -2.17. The van der Waals surface area contributed by atoms with Crippen LogP contribution < -0.4 is 11.1 Å². The molecular formula is C15H17FN2OS. The van der Waals surface area contributed by atoms with E-state index in [9.17, 15) is 4.39 Å². The minimum Gasteiger partial charge on any atom is -0.466 e. The molecule has 3 N–H and O–H groups in total. The molecule has 0 saturated heterocycles. The second-order valence-electron chi connectivity index (χ2n) is 4.79. The zero-order chi connectivity index (χ0) is 14.9. The van der Waals surface area contributed by atoms with Gasteiger partial charge >= 0.3 is 0 Å². The Morgan fingerprint density at radius 2 is 2.05 bits per heavy atom. The molecule has 0 spiro atoms. The highest BCUT2D eigenvalue weighted by Gasteiger charge is 2.15. The standard InChI is InChI=1S/C15H17FN2OS/c1-8-6-12(10(3)19-8)9(2)18-14-5-4-11(16)7-13(14)15(17)20/h4-7,9,18H,1-3H3,(H2,17,20). The first-order valence-electron chi connectivity index (χ1n) is 6.31. The van der Waals surface area contributed by atoms with Crippen LogP contribution in [0.5, 0.6) is 0 Å². The molecule has 106 valence electrons. The maximum atomic E-state index is 13.3. The van der Waals surface area contributed by atoms with E-state index in [1.165, 1.54) is 12.1 Å². The van der Waals surface area contributed by atoms with Crippen molar-refractivity contribution in [3.05, 3.63) is 52.7 Å². The smallest absolute Gasteiger partial charge is 0.124 e. The summed E-state index contributed by atoms with van der Waals surface area (Å²) in [6.07, 6.45) is 0. The molecule has 0 aliphatic heterocycles. The number of rotatable bonds is 4. The fourth-order valence-electron chi connectivity index (χ4n) is 2.24. The fourth-order valence-corrected chi connectivity index (χ4v) is 2.41. The van der Waals surface area contributed by atoms with E-state index < -0.39 is 0 Å². The van der Waals surface area contributed by atoms with Crippen molar-refractivity contribution in [1.29, 1.82) is 0 Å². The molecule has 0 aliphatic carbocycles. The molecule has 0 radical (unpaired) electrons. The number of hydrogen-bond acceptors (Lipinski definition) is 3. The molecule has 2 rings (SSSR count). The van der Waals surface area contributed by atoms with E-state index in [4.69, 9.17) is 22.4 Å². The second-order valence-corrected chi connectivity index (χ2v) is 5.23. The van der Waals surface area contributed by atoms with Crippen LogP contribution in [-0.2, 0) is 0 Å². The minimum absolute atomic E-state index is 0.00557. The summed E-state index contributed by atoms with van der Waals surface area (Å²) in [6.45, 7) is 5.82. The first-order chi connectivity index (χ1) is 9.38. The first kappa shape index (κ1) is 14.5. The van der Waals surface area contributed by atoms with Gasteiger partial charge in [0.05, 0.1) is 6.04 Å². The number of anilines is 1. The van der Waals surface area contributed by atoms with Gasteiger partial charge in [-0.2, -0.15) is 0 Å². The monoisotopic (exact) mass is 292 g/mol. The average molecular weight is 292 g/mol. The minimum atomic E-state index is -0.360. The number of thiocarbonyl (C=S) groups is 1. The Labute approximate surface area is 123 Å².